The molecule has 2 heteroatoms. The van der Waals surface area contributed by atoms with Crippen LogP contribution < -0.4 is 5.32 Å². The van der Waals surface area contributed by atoms with Crippen molar-refractivity contribution in [2.75, 3.05) is 6.54 Å². The molecule has 0 saturated heterocycles. The zero-order valence-corrected chi connectivity index (χ0v) is 13.1. The van der Waals surface area contributed by atoms with Crippen LogP contribution in [0.5, 0.6) is 0 Å². The molecule has 0 spiro atoms. The van der Waals surface area contributed by atoms with Crippen LogP contribution in [0, 0.1) is 24.7 Å². The van der Waals surface area contributed by atoms with Crippen LogP contribution in [0.25, 0.3) is 11.0 Å². The number of nitrogens with one attached hydrogen (secondary N) is 1. The fourth-order valence-corrected chi connectivity index (χ4v) is 4.53. The van der Waals surface area contributed by atoms with Crippen LogP contribution >= 0.6 is 0 Å². The molecule has 2 aromatic rings. The van der Waals surface area contributed by atoms with Gasteiger partial charge in [0.05, 0.1) is 6.04 Å². The van der Waals surface area contributed by atoms with E-state index in [9.17, 15) is 0 Å². The van der Waals surface area contributed by atoms with E-state index in [0.29, 0.717) is 6.04 Å². The van der Waals surface area contributed by atoms with Gasteiger partial charge in [-0.15, -0.1) is 0 Å². The maximum atomic E-state index is 6.18. The normalized spacial score (nSPS) is 29.3. The first-order chi connectivity index (χ1) is 10.3. The van der Waals surface area contributed by atoms with Crippen molar-refractivity contribution in [2.45, 2.75) is 45.6 Å². The van der Waals surface area contributed by atoms with Crippen molar-refractivity contribution in [1.82, 2.24) is 5.32 Å². The lowest BCUT2D eigenvalue weighted by Gasteiger charge is -2.15. The number of rotatable bonds is 4. The molecular formula is C19H25NO. The molecule has 2 fully saturated rings. The van der Waals surface area contributed by atoms with E-state index in [1.807, 2.05) is 0 Å². The third-order valence-electron chi connectivity index (χ3n) is 5.53. The molecule has 0 amide bonds. The number of hydrogen-bond acceptors (Lipinski definition) is 2. The Morgan fingerprint density at radius 3 is 2.67 bits per heavy atom. The topological polar surface area (TPSA) is 25.2 Å². The van der Waals surface area contributed by atoms with Gasteiger partial charge in [0.25, 0.3) is 0 Å². The van der Waals surface area contributed by atoms with Crippen molar-refractivity contribution in [3.05, 3.63) is 35.6 Å². The zero-order valence-electron chi connectivity index (χ0n) is 13.1. The van der Waals surface area contributed by atoms with Gasteiger partial charge in [0.1, 0.15) is 11.3 Å². The highest BCUT2D eigenvalue weighted by molar-refractivity contribution is 5.78. The number of hydrogen-bond donors (Lipinski definition) is 1. The van der Waals surface area contributed by atoms with Crippen molar-refractivity contribution < 1.29 is 4.42 Å². The van der Waals surface area contributed by atoms with Gasteiger partial charge in [-0.25, -0.2) is 0 Å². The lowest BCUT2D eigenvalue weighted by Crippen LogP contribution is -2.23. The molecule has 21 heavy (non-hydrogen) atoms. The van der Waals surface area contributed by atoms with E-state index >= 15 is 0 Å². The number of aryl methyl sites for hydroxylation is 1. The number of fused-ring (bicyclic) bond motifs is 2. The highest BCUT2D eigenvalue weighted by atomic mass is 16.3. The number of furan rings is 1. The molecule has 112 valence electrons. The van der Waals surface area contributed by atoms with Gasteiger partial charge in [-0.2, -0.15) is 0 Å². The van der Waals surface area contributed by atoms with Crippen LogP contribution in [0.2, 0.25) is 0 Å². The quantitative estimate of drug-likeness (QED) is 0.869. The summed E-state index contributed by atoms with van der Waals surface area (Å²) in [6.07, 6.45) is 5.71. The van der Waals surface area contributed by atoms with E-state index in [1.165, 1.54) is 36.6 Å². The van der Waals surface area contributed by atoms with Crippen LogP contribution in [0.3, 0.4) is 0 Å². The summed E-state index contributed by atoms with van der Waals surface area (Å²) in [5.41, 5.74) is 2.33. The smallest absolute Gasteiger partial charge is 0.134 e. The minimum absolute atomic E-state index is 0.413. The molecule has 0 bridgehead atoms. The number of benzene rings is 1. The first kappa shape index (κ1) is 13.4. The molecule has 1 N–H and O–H groups in total. The highest BCUT2D eigenvalue weighted by Crippen LogP contribution is 2.60. The van der Waals surface area contributed by atoms with Crippen molar-refractivity contribution in [2.24, 2.45) is 17.8 Å². The molecule has 2 aliphatic carbocycles. The van der Waals surface area contributed by atoms with Gasteiger partial charge in [-0.05, 0) is 62.3 Å². The van der Waals surface area contributed by atoms with Crippen LogP contribution in [0.4, 0.5) is 0 Å². The molecule has 1 aromatic heterocycles. The minimum Gasteiger partial charge on any atom is -0.459 e. The second-order valence-corrected chi connectivity index (χ2v) is 6.91. The molecule has 1 heterocycles. The summed E-state index contributed by atoms with van der Waals surface area (Å²) < 4.78 is 6.18. The predicted molar refractivity (Wildman–Crippen MR) is 86.3 cm³/mol. The second-order valence-electron chi connectivity index (χ2n) is 6.91. The molecule has 2 saturated carbocycles. The average Bonchev–Trinajstić information content (AvgIpc) is 3.06. The highest BCUT2D eigenvalue weighted by Gasteiger charge is 2.54. The molecule has 3 atom stereocenters. The van der Waals surface area contributed by atoms with E-state index < -0.39 is 0 Å². The first-order valence-electron chi connectivity index (χ1n) is 8.51. The Hall–Kier alpha value is -1.28. The predicted octanol–water partition coefficient (Wildman–Crippen LogP) is 4.83. The van der Waals surface area contributed by atoms with Gasteiger partial charge in [0, 0.05) is 5.39 Å². The Morgan fingerprint density at radius 2 is 1.95 bits per heavy atom. The zero-order chi connectivity index (χ0) is 14.4. The minimum atomic E-state index is 0.413. The van der Waals surface area contributed by atoms with Crippen LogP contribution in [0.15, 0.2) is 28.7 Å². The SMILES string of the molecule is CCNC(c1cc2cc(C)ccc2o1)C1C2CCCCC21. The Kier molecular flexibility index (Phi) is 3.30. The third-order valence-corrected chi connectivity index (χ3v) is 5.53. The third kappa shape index (κ3) is 2.30. The van der Waals surface area contributed by atoms with E-state index in [-0.39, 0.29) is 0 Å². The molecule has 1 aromatic carbocycles. The van der Waals surface area contributed by atoms with Crippen molar-refractivity contribution in [1.29, 1.82) is 0 Å². The van der Waals surface area contributed by atoms with Crippen molar-refractivity contribution >= 4 is 11.0 Å². The Morgan fingerprint density at radius 1 is 1.19 bits per heavy atom. The molecule has 0 radical (unpaired) electrons. The molecule has 3 unspecified atom stereocenters. The fourth-order valence-electron chi connectivity index (χ4n) is 4.53. The van der Waals surface area contributed by atoms with Gasteiger partial charge < -0.3 is 9.73 Å². The summed E-state index contributed by atoms with van der Waals surface area (Å²) >= 11 is 0. The summed E-state index contributed by atoms with van der Waals surface area (Å²) in [6, 6.07) is 9.15. The fraction of sp³-hybridized carbons (Fsp3) is 0.579. The summed E-state index contributed by atoms with van der Waals surface area (Å²) in [5, 5.41) is 4.95. The first-order valence-corrected chi connectivity index (χ1v) is 8.51. The summed E-state index contributed by atoms with van der Waals surface area (Å²) in [7, 11) is 0. The summed E-state index contributed by atoms with van der Waals surface area (Å²) in [6.45, 7) is 5.35. The largest absolute Gasteiger partial charge is 0.459 e. The standard InChI is InChI=1S/C19H25NO/c1-3-20-19(18-14-6-4-5-7-15(14)18)17-11-13-10-12(2)8-9-16(13)21-17/h8-11,14-15,18-20H,3-7H2,1-2H3. The van der Waals surface area contributed by atoms with E-state index in [0.717, 1.165) is 35.6 Å². The maximum absolute atomic E-state index is 6.18. The van der Waals surface area contributed by atoms with Gasteiger partial charge in [-0.3, -0.25) is 0 Å². The van der Waals surface area contributed by atoms with Crippen LogP contribution in [0.1, 0.15) is 50.0 Å². The summed E-state index contributed by atoms with van der Waals surface area (Å²) in [4.78, 5) is 0. The summed E-state index contributed by atoms with van der Waals surface area (Å²) in [5.74, 6) is 3.83. The van der Waals surface area contributed by atoms with Crippen molar-refractivity contribution in [3.63, 3.8) is 0 Å². The molecule has 0 aliphatic heterocycles. The van der Waals surface area contributed by atoms with Gasteiger partial charge in [0.2, 0.25) is 0 Å². The molecular weight excluding hydrogens is 258 g/mol. The van der Waals surface area contributed by atoms with Crippen LogP contribution in [-0.4, -0.2) is 6.54 Å². The Bertz CT molecular complexity index is 632. The lowest BCUT2D eigenvalue weighted by molar-refractivity contribution is 0.381. The Labute approximate surface area is 126 Å². The molecule has 2 nitrogen and oxygen atoms in total. The second kappa shape index (κ2) is 5.17. The van der Waals surface area contributed by atoms with E-state index in [2.05, 4.69) is 43.4 Å². The van der Waals surface area contributed by atoms with Gasteiger partial charge in [-0.1, -0.05) is 31.4 Å². The maximum Gasteiger partial charge on any atom is 0.134 e. The lowest BCUT2D eigenvalue weighted by atomic mass is 10.0. The van der Waals surface area contributed by atoms with E-state index in [1.54, 1.807) is 0 Å². The average molecular weight is 283 g/mol. The van der Waals surface area contributed by atoms with Crippen molar-refractivity contribution in [3.8, 4) is 0 Å². The Balaban J connectivity index is 1.66. The van der Waals surface area contributed by atoms with E-state index in [4.69, 9.17) is 4.42 Å². The molecule has 2 aliphatic rings. The monoisotopic (exact) mass is 283 g/mol. The van der Waals surface area contributed by atoms with Gasteiger partial charge in [0.15, 0.2) is 0 Å². The van der Waals surface area contributed by atoms with Gasteiger partial charge >= 0.3 is 0 Å². The molecule has 4 rings (SSSR count). The van der Waals surface area contributed by atoms with Crippen LogP contribution in [-0.2, 0) is 0 Å².